The van der Waals surface area contributed by atoms with Crippen LogP contribution in [-0.4, -0.2) is 21.0 Å². The molecular weight excluding hydrogens is 316 g/mol. The van der Waals surface area contributed by atoms with E-state index in [1.54, 1.807) is 19.1 Å². The molecule has 2 aromatic carbocycles. The summed E-state index contributed by atoms with van der Waals surface area (Å²) < 4.78 is 33.0. The van der Waals surface area contributed by atoms with Gasteiger partial charge in [-0.15, -0.1) is 5.10 Å². The van der Waals surface area contributed by atoms with Gasteiger partial charge in [-0.25, -0.2) is 18.3 Å². The van der Waals surface area contributed by atoms with Crippen LogP contribution < -0.4 is 0 Å². The van der Waals surface area contributed by atoms with Crippen LogP contribution in [0.15, 0.2) is 48.5 Å². The van der Waals surface area contributed by atoms with E-state index in [0.29, 0.717) is 11.4 Å². The summed E-state index contributed by atoms with van der Waals surface area (Å²) in [5.74, 6) is -1.53. The first kappa shape index (κ1) is 15.8. The minimum atomic E-state index is -0.705. The number of rotatable bonds is 4. The van der Waals surface area contributed by atoms with Gasteiger partial charge in [0.25, 0.3) is 0 Å². The predicted octanol–water partition coefficient (Wildman–Crippen LogP) is 3.21. The first-order valence-electron chi connectivity index (χ1n) is 7.15. The molecule has 1 aromatic heterocycles. The van der Waals surface area contributed by atoms with E-state index >= 15 is 0 Å². The van der Waals surface area contributed by atoms with E-state index in [-0.39, 0.29) is 23.7 Å². The van der Waals surface area contributed by atoms with Crippen LogP contribution in [0.2, 0.25) is 0 Å². The number of esters is 1. The Morgan fingerprint density at radius 3 is 2.54 bits per heavy atom. The normalized spacial score (nSPS) is 10.6. The fourth-order valence-electron chi connectivity index (χ4n) is 2.17. The lowest BCUT2D eigenvalue weighted by atomic mass is 10.2. The Balaban J connectivity index is 1.76. The Hall–Kier alpha value is -3.09. The van der Waals surface area contributed by atoms with Gasteiger partial charge in [-0.05, 0) is 37.3 Å². The highest BCUT2D eigenvalue weighted by Crippen LogP contribution is 2.15. The second-order valence-corrected chi connectivity index (χ2v) is 5.08. The largest absolute Gasteiger partial charge is 0.456 e. The number of carbonyl (C=O) groups is 1. The maximum atomic E-state index is 13.5. The van der Waals surface area contributed by atoms with Gasteiger partial charge in [0, 0.05) is 5.56 Å². The van der Waals surface area contributed by atoms with Gasteiger partial charge in [-0.1, -0.05) is 23.4 Å². The Morgan fingerprint density at radius 2 is 1.83 bits per heavy atom. The van der Waals surface area contributed by atoms with Gasteiger partial charge < -0.3 is 4.74 Å². The van der Waals surface area contributed by atoms with Crippen LogP contribution in [0.3, 0.4) is 0 Å². The lowest BCUT2D eigenvalue weighted by Crippen LogP contribution is -2.09. The van der Waals surface area contributed by atoms with Gasteiger partial charge in [-0.3, -0.25) is 0 Å². The maximum Gasteiger partial charge on any atom is 0.361 e. The van der Waals surface area contributed by atoms with E-state index in [0.717, 1.165) is 0 Å². The summed E-state index contributed by atoms with van der Waals surface area (Å²) in [7, 11) is 0. The molecular formula is C17H13F2N3O2. The molecule has 0 unspecified atom stereocenters. The smallest absolute Gasteiger partial charge is 0.361 e. The highest BCUT2D eigenvalue weighted by molar-refractivity contribution is 5.88. The summed E-state index contributed by atoms with van der Waals surface area (Å²) in [6.45, 7) is 1.44. The van der Waals surface area contributed by atoms with Crippen LogP contribution in [0.4, 0.5) is 8.78 Å². The molecule has 0 radical (unpaired) electrons. The molecule has 0 atom stereocenters. The van der Waals surface area contributed by atoms with Crippen LogP contribution in [-0.2, 0) is 11.3 Å². The summed E-state index contributed by atoms with van der Waals surface area (Å²) in [5.41, 5.74) is 1.31. The van der Waals surface area contributed by atoms with Crippen molar-refractivity contribution in [2.75, 3.05) is 0 Å². The third kappa shape index (κ3) is 3.15. The van der Waals surface area contributed by atoms with Crippen molar-refractivity contribution in [2.24, 2.45) is 0 Å². The highest BCUT2D eigenvalue weighted by atomic mass is 19.1. The molecule has 0 saturated carbocycles. The van der Waals surface area contributed by atoms with Crippen LogP contribution in [0, 0.1) is 18.6 Å². The molecule has 0 bridgehead atoms. The summed E-state index contributed by atoms with van der Waals surface area (Å²) in [4.78, 5) is 12.1. The second kappa shape index (κ2) is 6.57. The Kier molecular flexibility index (Phi) is 4.33. The van der Waals surface area contributed by atoms with Crippen LogP contribution >= 0.6 is 0 Å². The maximum absolute atomic E-state index is 13.5. The molecule has 0 spiro atoms. The second-order valence-electron chi connectivity index (χ2n) is 5.08. The fraction of sp³-hybridized carbons (Fsp3) is 0.118. The molecule has 0 aliphatic carbocycles. The number of benzene rings is 2. The lowest BCUT2D eigenvalue weighted by molar-refractivity contribution is 0.0461. The Bertz CT molecular complexity index is 876. The quantitative estimate of drug-likeness (QED) is 0.690. The molecule has 0 N–H and O–H groups in total. The zero-order chi connectivity index (χ0) is 17.1. The van der Waals surface area contributed by atoms with Crippen molar-refractivity contribution in [1.29, 1.82) is 0 Å². The van der Waals surface area contributed by atoms with Crippen molar-refractivity contribution in [1.82, 2.24) is 15.0 Å². The zero-order valence-electron chi connectivity index (χ0n) is 12.7. The van der Waals surface area contributed by atoms with E-state index in [2.05, 4.69) is 10.3 Å². The van der Waals surface area contributed by atoms with E-state index in [9.17, 15) is 13.6 Å². The van der Waals surface area contributed by atoms with Crippen LogP contribution in [0.25, 0.3) is 5.69 Å². The molecule has 7 heteroatoms. The molecule has 0 amide bonds. The SMILES string of the molecule is Cc1c(C(=O)OCc2ccccc2F)nnn1-c1ccc(F)cc1. The lowest BCUT2D eigenvalue weighted by Gasteiger charge is -2.05. The van der Waals surface area contributed by atoms with Gasteiger partial charge in [0.15, 0.2) is 5.69 Å². The molecule has 0 aliphatic rings. The van der Waals surface area contributed by atoms with Crippen molar-refractivity contribution < 1.29 is 18.3 Å². The summed E-state index contributed by atoms with van der Waals surface area (Å²) in [5, 5.41) is 7.68. The number of ether oxygens (including phenoxy) is 1. The topological polar surface area (TPSA) is 57.0 Å². The number of hydrogen-bond donors (Lipinski definition) is 0. The Labute approximate surface area is 136 Å². The number of halogens is 2. The number of hydrogen-bond acceptors (Lipinski definition) is 4. The van der Waals surface area contributed by atoms with Gasteiger partial charge in [0.05, 0.1) is 11.4 Å². The fourth-order valence-corrected chi connectivity index (χ4v) is 2.17. The molecule has 5 nitrogen and oxygen atoms in total. The van der Waals surface area contributed by atoms with Crippen LogP contribution in [0.5, 0.6) is 0 Å². The van der Waals surface area contributed by atoms with Crippen molar-refractivity contribution in [3.8, 4) is 5.69 Å². The average Bonchev–Trinajstić information content (AvgIpc) is 2.96. The first-order chi connectivity index (χ1) is 11.6. The monoisotopic (exact) mass is 329 g/mol. The molecule has 0 aliphatic heterocycles. The van der Waals surface area contributed by atoms with Crippen molar-refractivity contribution >= 4 is 5.97 Å². The number of carbonyl (C=O) groups excluding carboxylic acids is 1. The average molecular weight is 329 g/mol. The summed E-state index contributed by atoms with van der Waals surface area (Å²) >= 11 is 0. The van der Waals surface area contributed by atoms with Gasteiger partial charge >= 0.3 is 5.97 Å². The zero-order valence-corrected chi connectivity index (χ0v) is 12.7. The van der Waals surface area contributed by atoms with Gasteiger partial charge in [0.1, 0.15) is 18.2 Å². The molecule has 1 heterocycles. The highest BCUT2D eigenvalue weighted by Gasteiger charge is 2.19. The molecule has 0 fully saturated rings. The van der Waals surface area contributed by atoms with E-state index in [4.69, 9.17) is 4.74 Å². The number of nitrogens with zero attached hydrogens (tertiary/aromatic N) is 3. The van der Waals surface area contributed by atoms with Crippen molar-refractivity contribution in [2.45, 2.75) is 13.5 Å². The molecule has 3 aromatic rings. The summed E-state index contributed by atoms with van der Waals surface area (Å²) in [6.07, 6.45) is 0. The van der Waals surface area contributed by atoms with E-state index in [1.807, 2.05) is 0 Å². The minimum absolute atomic E-state index is 0.0238. The molecule has 3 rings (SSSR count). The van der Waals surface area contributed by atoms with Gasteiger partial charge in [-0.2, -0.15) is 0 Å². The van der Waals surface area contributed by atoms with Crippen molar-refractivity contribution in [3.05, 3.63) is 77.1 Å². The molecule has 24 heavy (non-hydrogen) atoms. The predicted molar refractivity (Wildman–Crippen MR) is 81.6 cm³/mol. The van der Waals surface area contributed by atoms with E-state index in [1.165, 1.54) is 41.1 Å². The van der Waals surface area contributed by atoms with Crippen LogP contribution in [0.1, 0.15) is 21.7 Å². The third-order valence-corrected chi connectivity index (χ3v) is 3.48. The minimum Gasteiger partial charge on any atom is -0.456 e. The summed E-state index contributed by atoms with van der Waals surface area (Å²) in [6, 6.07) is 11.6. The number of aromatic nitrogens is 3. The molecule has 122 valence electrons. The molecule has 0 saturated heterocycles. The third-order valence-electron chi connectivity index (χ3n) is 3.48. The first-order valence-corrected chi connectivity index (χ1v) is 7.15. The standard InChI is InChI=1S/C17H13F2N3O2/c1-11-16(17(23)24-10-12-4-2-3-5-15(12)19)20-21-22(11)14-8-6-13(18)7-9-14/h2-9H,10H2,1H3. The van der Waals surface area contributed by atoms with Crippen molar-refractivity contribution in [3.63, 3.8) is 0 Å². The van der Waals surface area contributed by atoms with Gasteiger partial charge in [0.2, 0.25) is 0 Å². The van der Waals surface area contributed by atoms with E-state index < -0.39 is 11.8 Å². The Morgan fingerprint density at radius 1 is 1.12 bits per heavy atom.